The van der Waals surface area contributed by atoms with Crippen molar-refractivity contribution in [3.8, 4) is 11.5 Å². The Balaban J connectivity index is 2.10. The van der Waals surface area contributed by atoms with Gasteiger partial charge in [0.1, 0.15) is 6.61 Å². The zero-order valence-corrected chi connectivity index (χ0v) is 14.1. The minimum Gasteiger partial charge on any atom is -0.493 e. The number of hydrogen-bond donors (Lipinski definition) is 1. The van der Waals surface area contributed by atoms with Gasteiger partial charge in [-0.3, -0.25) is 4.79 Å². The number of ether oxygens (including phenoxy) is 2. The molecule has 138 valence electrons. The van der Waals surface area contributed by atoms with E-state index >= 15 is 0 Å². The number of methoxy groups -OCH3 is 1. The number of amides is 1. The van der Waals surface area contributed by atoms with E-state index in [1.54, 1.807) is 18.2 Å². The second-order valence-electron chi connectivity index (χ2n) is 5.28. The fourth-order valence-electron chi connectivity index (χ4n) is 2.01. The number of hydrazone groups is 1. The van der Waals surface area contributed by atoms with E-state index in [1.165, 1.54) is 19.5 Å². The number of benzene rings is 2. The maximum Gasteiger partial charge on any atom is 0.473 e. The summed E-state index contributed by atoms with van der Waals surface area (Å²) in [6, 6.07) is 14.3. The van der Waals surface area contributed by atoms with Gasteiger partial charge in [0.15, 0.2) is 11.5 Å². The minimum absolute atomic E-state index is 0.190. The first kappa shape index (κ1) is 19.3. The highest BCUT2D eigenvalue weighted by molar-refractivity contribution is 6.00. The molecule has 0 saturated heterocycles. The molecular weight excluding hydrogens is 349 g/mol. The summed E-state index contributed by atoms with van der Waals surface area (Å²) in [5, 5.41) is 3.46. The highest BCUT2D eigenvalue weighted by atomic mass is 19.4. The number of nitrogens with one attached hydrogen (secondary N) is 1. The molecule has 0 radical (unpaired) electrons. The average Bonchev–Trinajstić information content (AvgIpc) is 2.64. The number of carbonyl (C=O) groups is 1. The van der Waals surface area contributed by atoms with Gasteiger partial charge in [-0.15, -0.1) is 0 Å². The fourth-order valence-corrected chi connectivity index (χ4v) is 2.01. The molecule has 0 aromatic heterocycles. The maximum atomic E-state index is 12.2. The molecule has 2 aromatic rings. The van der Waals surface area contributed by atoms with Crippen LogP contribution in [-0.2, 0) is 11.4 Å². The van der Waals surface area contributed by atoms with Crippen LogP contribution in [0, 0.1) is 0 Å². The third-order valence-electron chi connectivity index (χ3n) is 3.40. The van der Waals surface area contributed by atoms with Crippen LogP contribution in [0.1, 0.15) is 18.1 Å². The lowest BCUT2D eigenvalue weighted by Gasteiger charge is -2.12. The molecule has 1 N–H and O–H groups in total. The molecule has 0 fully saturated rings. The summed E-state index contributed by atoms with van der Waals surface area (Å²) in [7, 11) is 1.45. The molecule has 2 rings (SSSR count). The van der Waals surface area contributed by atoms with Crippen LogP contribution >= 0.6 is 0 Å². The van der Waals surface area contributed by atoms with E-state index in [0.29, 0.717) is 23.7 Å². The summed E-state index contributed by atoms with van der Waals surface area (Å²) in [6.07, 6.45) is -4.99. The van der Waals surface area contributed by atoms with Gasteiger partial charge in [0, 0.05) is 5.56 Å². The predicted octanol–water partition coefficient (Wildman–Crippen LogP) is 3.68. The van der Waals surface area contributed by atoms with Crippen molar-refractivity contribution in [2.75, 3.05) is 7.11 Å². The largest absolute Gasteiger partial charge is 0.493 e. The van der Waals surface area contributed by atoms with Gasteiger partial charge in [0.2, 0.25) is 0 Å². The first-order valence-corrected chi connectivity index (χ1v) is 7.58. The van der Waals surface area contributed by atoms with Crippen LogP contribution in [0.25, 0.3) is 0 Å². The number of hydrogen-bond acceptors (Lipinski definition) is 4. The Morgan fingerprint density at radius 2 is 1.81 bits per heavy atom. The standard InChI is InChI=1S/C18H17F3N2O3/c1-12(22-23-17(24)18(19,20)21)14-8-9-15(16(10-14)25-2)26-11-13-6-4-3-5-7-13/h3-10H,11H2,1-2H3,(H,23,24)/b22-12+. The third kappa shape index (κ3) is 5.23. The number of halogens is 3. The molecular formula is C18H17F3N2O3. The van der Waals surface area contributed by atoms with E-state index < -0.39 is 12.1 Å². The van der Waals surface area contributed by atoms with Crippen LogP contribution in [0.2, 0.25) is 0 Å². The molecule has 0 spiro atoms. The lowest BCUT2D eigenvalue weighted by molar-refractivity contribution is -0.173. The zero-order chi connectivity index (χ0) is 19.2. The molecule has 0 aliphatic heterocycles. The van der Waals surface area contributed by atoms with Gasteiger partial charge in [-0.05, 0) is 30.7 Å². The Hall–Kier alpha value is -3.03. The number of rotatable bonds is 6. The lowest BCUT2D eigenvalue weighted by Crippen LogP contribution is -2.34. The molecule has 1 amide bonds. The Labute approximate surface area is 148 Å². The van der Waals surface area contributed by atoms with Crippen LogP contribution in [0.3, 0.4) is 0 Å². The van der Waals surface area contributed by atoms with Crippen LogP contribution < -0.4 is 14.9 Å². The fraction of sp³-hybridized carbons (Fsp3) is 0.222. The molecule has 0 bridgehead atoms. The third-order valence-corrected chi connectivity index (χ3v) is 3.40. The van der Waals surface area contributed by atoms with Crippen molar-refractivity contribution in [3.05, 3.63) is 59.7 Å². The molecule has 0 aliphatic carbocycles. The topological polar surface area (TPSA) is 59.9 Å². The molecule has 2 aromatic carbocycles. The van der Waals surface area contributed by atoms with E-state index in [1.807, 2.05) is 30.3 Å². The van der Waals surface area contributed by atoms with Gasteiger partial charge in [-0.25, -0.2) is 5.43 Å². The van der Waals surface area contributed by atoms with Crippen molar-refractivity contribution in [1.29, 1.82) is 0 Å². The summed E-state index contributed by atoms with van der Waals surface area (Å²) in [5.41, 5.74) is 3.12. The molecule has 0 unspecified atom stereocenters. The Morgan fingerprint density at radius 3 is 2.42 bits per heavy atom. The normalized spacial score (nSPS) is 11.8. The molecule has 5 nitrogen and oxygen atoms in total. The summed E-state index contributed by atoms with van der Waals surface area (Å²) >= 11 is 0. The van der Waals surface area contributed by atoms with Crippen molar-refractivity contribution < 1.29 is 27.4 Å². The number of nitrogens with zero attached hydrogens (tertiary/aromatic N) is 1. The highest BCUT2D eigenvalue weighted by Gasteiger charge is 2.38. The molecule has 8 heteroatoms. The van der Waals surface area contributed by atoms with Crippen molar-refractivity contribution in [1.82, 2.24) is 5.43 Å². The summed E-state index contributed by atoms with van der Waals surface area (Å²) in [4.78, 5) is 10.8. The second-order valence-corrected chi connectivity index (χ2v) is 5.28. The molecule has 0 atom stereocenters. The van der Waals surface area contributed by atoms with E-state index in [0.717, 1.165) is 5.56 Å². The monoisotopic (exact) mass is 366 g/mol. The van der Waals surface area contributed by atoms with Crippen molar-refractivity contribution in [3.63, 3.8) is 0 Å². The van der Waals surface area contributed by atoms with Gasteiger partial charge in [0.25, 0.3) is 0 Å². The second kappa shape index (κ2) is 8.37. The van der Waals surface area contributed by atoms with Gasteiger partial charge in [-0.2, -0.15) is 18.3 Å². The van der Waals surface area contributed by atoms with E-state index in [-0.39, 0.29) is 5.71 Å². The Kier molecular flexibility index (Phi) is 6.21. The van der Waals surface area contributed by atoms with Crippen molar-refractivity contribution in [2.45, 2.75) is 19.7 Å². The van der Waals surface area contributed by atoms with Crippen molar-refractivity contribution in [2.24, 2.45) is 5.10 Å². The first-order valence-electron chi connectivity index (χ1n) is 7.58. The van der Waals surface area contributed by atoms with Crippen molar-refractivity contribution >= 4 is 11.6 Å². The zero-order valence-electron chi connectivity index (χ0n) is 14.1. The summed E-state index contributed by atoms with van der Waals surface area (Å²) in [5.74, 6) is -1.26. The Morgan fingerprint density at radius 1 is 1.12 bits per heavy atom. The van der Waals surface area contributed by atoms with Crippen LogP contribution in [0.15, 0.2) is 53.6 Å². The quantitative estimate of drug-likeness (QED) is 0.627. The Bertz CT molecular complexity index is 790. The first-order chi connectivity index (χ1) is 12.3. The van der Waals surface area contributed by atoms with Crippen LogP contribution in [0.4, 0.5) is 13.2 Å². The van der Waals surface area contributed by atoms with Gasteiger partial charge < -0.3 is 9.47 Å². The van der Waals surface area contributed by atoms with Crippen LogP contribution in [0.5, 0.6) is 11.5 Å². The SMILES string of the molecule is COc1cc(/C(C)=N/NC(=O)C(F)(F)F)ccc1OCc1ccccc1. The molecule has 0 heterocycles. The number of carbonyl (C=O) groups excluding carboxylic acids is 1. The smallest absolute Gasteiger partial charge is 0.473 e. The molecule has 26 heavy (non-hydrogen) atoms. The van der Waals surface area contributed by atoms with E-state index in [2.05, 4.69) is 5.10 Å². The maximum absolute atomic E-state index is 12.2. The van der Waals surface area contributed by atoms with E-state index in [9.17, 15) is 18.0 Å². The van der Waals surface area contributed by atoms with Gasteiger partial charge in [0.05, 0.1) is 12.8 Å². The van der Waals surface area contributed by atoms with Gasteiger partial charge in [-0.1, -0.05) is 30.3 Å². The predicted molar refractivity (Wildman–Crippen MR) is 90.2 cm³/mol. The molecule has 0 saturated carbocycles. The highest BCUT2D eigenvalue weighted by Crippen LogP contribution is 2.29. The number of alkyl halides is 3. The van der Waals surface area contributed by atoms with Crippen LogP contribution in [-0.4, -0.2) is 24.9 Å². The minimum atomic E-state index is -4.99. The van der Waals surface area contributed by atoms with Gasteiger partial charge >= 0.3 is 12.1 Å². The average molecular weight is 366 g/mol. The lowest BCUT2D eigenvalue weighted by atomic mass is 10.1. The summed E-state index contributed by atoms with van der Waals surface area (Å²) < 4.78 is 47.5. The molecule has 0 aliphatic rings. The van der Waals surface area contributed by atoms with E-state index in [4.69, 9.17) is 9.47 Å². The summed E-state index contributed by atoms with van der Waals surface area (Å²) in [6.45, 7) is 1.81.